The average Bonchev–Trinajstić information content (AvgIpc) is 2.83. The van der Waals surface area contributed by atoms with Crippen LogP contribution >= 0.6 is 0 Å². The van der Waals surface area contributed by atoms with Crippen LogP contribution < -0.4 is 10.1 Å². The SMILES string of the molecule is COc1ccc(CCC(=O)N2CCN(C(=O)NCCC(C)c3ccccc3)CC2)cc1. The van der Waals surface area contributed by atoms with Gasteiger partial charge in [0.1, 0.15) is 5.75 Å². The fourth-order valence-electron chi connectivity index (χ4n) is 3.82. The molecule has 0 aliphatic carbocycles. The number of carbonyl (C=O) groups excluding carboxylic acids is 2. The summed E-state index contributed by atoms with van der Waals surface area (Å²) >= 11 is 0. The Morgan fingerprint density at radius 3 is 2.26 bits per heavy atom. The average molecular weight is 424 g/mol. The second kappa shape index (κ2) is 11.4. The van der Waals surface area contributed by atoms with Crippen LogP contribution in [0, 0.1) is 0 Å². The third kappa shape index (κ3) is 6.74. The highest BCUT2D eigenvalue weighted by atomic mass is 16.5. The zero-order chi connectivity index (χ0) is 22.1. The number of rotatable bonds is 8. The Kier molecular flexibility index (Phi) is 8.33. The number of hydrogen-bond donors (Lipinski definition) is 1. The monoisotopic (exact) mass is 423 g/mol. The van der Waals surface area contributed by atoms with Crippen LogP contribution in [0.4, 0.5) is 4.79 Å². The van der Waals surface area contributed by atoms with E-state index in [0.717, 1.165) is 17.7 Å². The van der Waals surface area contributed by atoms with Gasteiger partial charge in [-0.2, -0.15) is 0 Å². The molecule has 1 aliphatic rings. The molecule has 0 aromatic heterocycles. The van der Waals surface area contributed by atoms with E-state index in [-0.39, 0.29) is 11.9 Å². The van der Waals surface area contributed by atoms with Gasteiger partial charge in [-0.05, 0) is 42.0 Å². The summed E-state index contributed by atoms with van der Waals surface area (Å²) in [5.41, 5.74) is 2.41. The van der Waals surface area contributed by atoms with Crippen LogP contribution in [0.25, 0.3) is 0 Å². The molecule has 166 valence electrons. The minimum absolute atomic E-state index is 0.0365. The maximum atomic E-state index is 12.5. The number of methoxy groups -OCH3 is 1. The van der Waals surface area contributed by atoms with Crippen molar-refractivity contribution in [2.45, 2.75) is 32.1 Å². The quantitative estimate of drug-likeness (QED) is 0.705. The molecule has 0 radical (unpaired) electrons. The largest absolute Gasteiger partial charge is 0.497 e. The number of nitrogens with one attached hydrogen (secondary N) is 1. The Balaban J connectivity index is 1.34. The number of hydrogen-bond acceptors (Lipinski definition) is 3. The van der Waals surface area contributed by atoms with E-state index in [1.54, 1.807) is 12.0 Å². The van der Waals surface area contributed by atoms with Crippen LogP contribution in [0.15, 0.2) is 54.6 Å². The molecule has 0 spiro atoms. The van der Waals surface area contributed by atoms with Crippen molar-refractivity contribution in [1.82, 2.24) is 15.1 Å². The molecule has 3 amide bonds. The summed E-state index contributed by atoms with van der Waals surface area (Å²) in [6.07, 6.45) is 2.10. The molecule has 31 heavy (non-hydrogen) atoms. The van der Waals surface area contributed by atoms with Crippen molar-refractivity contribution < 1.29 is 14.3 Å². The van der Waals surface area contributed by atoms with Gasteiger partial charge in [-0.1, -0.05) is 49.4 Å². The molecule has 3 rings (SSSR count). The van der Waals surface area contributed by atoms with E-state index in [1.807, 2.05) is 47.4 Å². The van der Waals surface area contributed by atoms with Crippen LogP contribution in [-0.4, -0.2) is 61.6 Å². The Morgan fingerprint density at radius 1 is 0.968 bits per heavy atom. The van der Waals surface area contributed by atoms with Crippen molar-refractivity contribution >= 4 is 11.9 Å². The van der Waals surface area contributed by atoms with E-state index in [4.69, 9.17) is 4.74 Å². The summed E-state index contributed by atoms with van der Waals surface area (Å²) < 4.78 is 5.16. The van der Waals surface area contributed by atoms with Crippen LogP contribution in [0.2, 0.25) is 0 Å². The summed E-state index contributed by atoms with van der Waals surface area (Å²) in [6, 6.07) is 18.1. The Bertz CT molecular complexity index is 831. The van der Waals surface area contributed by atoms with Crippen LogP contribution in [-0.2, 0) is 11.2 Å². The third-order valence-electron chi connectivity index (χ3n) is 5.93. The van der Waals surface area contributed by atoms with Crippen LogP contribution in [0.1, 0.15) is 36.8 Å². The van der Waals surface area contributed by atoms with Gasteiger partial charge >= 0.3 is 6.03 Å². The third-order valence-corrected chi connectivity index (χ3v) is 5.93. The highest BCUT2D eigenvalue weighted by Crippen LogP contribution is 2.17. The van der Waals surface area contributed by atoms with Crippen molar-refractivity contribution in [1.29, 1.82) is 0 Å². The van der Waals surface area contributed by atoms with Gasteiger partial charge in [0.05, 0.1) is 7.11 Å². The van der Waals surface area contributed by atoms with Crippen LogP contribution in [0.3, 0.4) is 0 Å². The van der Waals surface area contributed by atoms with Gasteiger partial charge in [0.15, 0.2) is 0 Å². The molecule has 2 aromatic carbocycles. The number of carbonyl (C=O) groups is 2. The molecule has 2 aromatic rings. The molecule has 6 heteroatoms. The number of piperazine rings is 1. The van der Waals surface area contributed by atoms with Crippen molar-refractivity contribution in [3.63, 3.8) is 0 Å². The van der Waals surface area contributed by atoms with Gasteiger partial charge in [-0.15, -0.1) is 0 Å². The molecule has 1 fully saturated rings. The maximum Gasteiger partial charge on any atom is 0.317 e. The molecule has 1 heterocycles. The minimum atomic E-state index is -0.0365. The molecule has 1 saturated heterocycles. The van der Waals surface area contributed by atoms with Crippen molar-refractivity contribution in [3.05, 3.63) is 65.7 Å². The van der Waals surface area contributed by atoms with Gasteiger partial charge in [0.2, 0.25) is 5.91 Å². The molecule has 0 saturated carbocycles. The van der Waals surface area contributed by atoms with E-state index >= 15 is 0 Å². The van der Waals surface area contributed by atoms with E-state index in [0.29, 0.717) is 51.5 Å². The minimum Gasteiger partial charge on any atom is -0.497 e. The molecule has 1 N–H and O–H groups in total. The zero-order valence-electron chi connectivity index (χ0n) is 18.5. The standard InChI is InChI=1S/C25H33N3O3/c1-20(22-6-4-3-5-7-22)14-15-26-25(30)28-18-16-27(17-19-28)24(29)13-10-21-8-11-23(31-2)12-9-21/h3-9,11-12,20H,10,13-19H2,1-2H3,(H,26,30). The lowest BCUT2D eigenvalue weighted by atomic mass is 9.98. The topological polar surface area (TPSA) is 61.9 Å². The lowest BCUT2D eigenvalue weighted by molar-refractivity contribution is -0.132. The maximum absolute atomic E-state index is 12.5. The summed E-state index contributed by atoms with van der Waals surface area (Å²) in [6.45, 7) is 5.17. The molecular formula is C25H33N3O3. The molecule has 1 aliphatic heterocycles. The number of amides is 3. The lowest BCUT2D eigenvalue weighted by Gasteiger charge is -2.35. The van der Waals surface area contributed by atoms with Gasteiger partial charge < -0.3 is 19.9 Å². The van der Waals surface area contributed by atoms with E-state index < -0.39 is 0 Å². The Morgan fingerprint density at radius 2 is 1.61 bits per heavy atom. The Labute approximate surface area is 185 Å². The number of ether oxygens (including phenoxy) is 1. The van der Waals surface area contributed by atoms with E-state index in [9.17, 15) is 9.59 Å². The summed E-state index contributed by atoms with van der Waals surface area (Å²) in [5.74, 6) is 1.37. The first-order chi connectivity index (χ1) is 15.1. The predicted octanol–water partition coefficient (Wildman–Crippen LogP) is 3.68. The second-order valence-electron chi connectivity index (χ2n) is 8.05. The van der Waals surface area contributed by atoms with Crippen LogP contribution in [0.5, 0.6) is 5.75 Å². The van der Waals surface area contributed by atoms with Gasteiger partial charge in [0, 0.05) is 39.1 Å². The van der Waals surface area contributed by atoms with Gasteiger partial charge in [0.25, 0.3) is 0 Å². The number of urea groups is 1. The first-order valence-electron chi connectivity index (χ1n) is 11.0. The van der Waals surface area contributed by atoms with E-state index in [2.05, 4.69) is 24.4 Å². The van der Waals surface area contributed by atoms with Gasteiger partial charge in [-0.25, -0.2) is 4.79 Å². The Hall–Kier alpha value is -3.02. The molecule has 0 bridgehead atoms. The molecule has 6 nitrogen and oxygen atoms in total. The molecule has 1 unspecified atom stereocenters. The first kappa shape index (κ1) is 22.7. The highest BCUT2D eigenvalue weighted by molar-refractivity contribution is 5.78. The number of nitrogens with zero attached hydrogens (tertiary/aromatic N) is 2. The molecule has 1 atom stereocenters. The zero-order valence-corrected chi connectivity index (χ0v) is 18.5. The summed E-state index contributed by atoms with van der Waals surface area (Å²) in [5, 5.41) is 3.03. The van der Waals surface area contributed by atoms with Crippen molar-refractivity contribution in [2.24, 2.45) is 0 Å². The normalized spacial score (nSPS) is 14.8. The first-order valence-corrected chi connectivity index (χ1v) is 11.0. The predicted molar refractivity (Wildman–Crippen MR) is 122 cm³/mol. The lowest BCUT2D eigenvalue weighted by Crippen LogP contribution is -2.53. The fourth-order valence-corrected chi connectivity index (χ4v) is 3.82. The highest BCUT2D eigenvalue weighted by Gasteiger charge is 2.23. The van der Waals surface area contributed by atoms with Crippen molar-refractivity contribution in [2.75, 3.05) is 39.8 Å². The number of benzene rings is 2. The second-order valence-corrected chi connectivity index (χ2v) is 8.05. The summed E-state index contributed by atoms with van der Waals surface area (Å²) in [7, 11) is 1.64. The fraction of sp³-hybridized carbons (Fsp3) is 0.440. The smallest absolute Gasteiger partial charge is 0.317 e. The molecular weight excluding hydrogens is 390 g/mol. The number of aryl methyl sites for hydroxylation is 1. The summed E-state index contributed by atoms with van der Waals surface area (Å²) in [4.78, 5) is 28.7. The van der Waals surface area contributed by atoms with E-state index in [1.165, 1.54) is 5.56 Å². The van der Waals surface area contributed by atoms with Crippen molar-refractivity contribution in [3.8, 4) is 5.75 Å². The van der Waals surface area contributed by atoms with Gasteiger partial charge in [-0.3, -0.25) is 4.79 Å².